The van der Waals surface area contributed by atoms with E-state index in [0.29, 0.717) is 23.1 Å². The van der Waals surface area contributed by atoms with Crippen molar-refractivity contribution in [3.8, 4) is 27.8 Å². The molecule has 1 aromatic heterocycles. The number of unbranched alkanes of at least 4 members (excludes halogenated alkanes) is 9. The van der Waals surface area contributed by atoms with Crippen LogP contribution in [0, 0.1) is 0 Å². The molecule has 0 aliphatic heterocycles. The SMILES string of the molecule is CCCCCCCCOc1ccc(/C=N/c2nnc(-c3ccc(OCCCCCCC)cc3)s2)c(O)c1. The number of aromatic hydroxyl groups is 1. The van der Waals surface area contributed by atoms with Gasteiger partial charge in [-0.15, -0.1) is 10.2 Å². The molecule has 0 atom stereocenters. The van der Waals surface area contributed by atoms with Crippen molar-refractivity contribution in [2.24, 2.45) is 4.99 Å². The molecule has 0 saturated heterocycles. The topological polar surface area (TPSA) is 76.8 Å². The second kappa shape index (κ2) is 16.7. The van der Waals surface area contributed by atoms with Gasteiger partial charge in [0.05, 0.1) is 13.2 Å². The van der Waals surface area contributed by atoms with E-state index in [-0.39, 0.29) is 5.75 Å². The van der Waals surface area contributed by atoms with Crippen LogP contribution in [0.4, 0.5) is 5.13 Å². The van der Waals surface area contributed by atoms with Crippen LogP contribution >= 0.6 is 11.3 Å². The van der Waals surface area contributed by atoms with E-state index in [1.54, 1.807) is 18.3 Å². The number of hydrogen-bond acceptors (Lipinski definition) is 7. The maximum absolute atomic E-state index is 10.4. The van der Waals surface area contributed by atoms with Gasteiger partial charge in [-0.25, -0.2) is 4.99 Å². The van der Waals surface area contributed by atoms with Gasteiger partial charge >= 0.3 is 0 Å². The molecule has 0 spiro atoms. The van der Waals surface area contributed by atoms with Crippen LogP contribution in [0.15, 0.2) is 47.5 Å². The fourth-order valence-electron chi connectivity index (χ4n) is 3.89. The summed E-state index contributed by atoms with van der Waals surface area (Å²) < 4.78 is 11.6. The standard InChI is InChI=1S/C30H41N3O3S/c1-3-5-7-9-11-13-21-36-27-19-16-25(28(34)22-27)23-31-30-33-32-29(37-30)24-14-17-26(18-15-24)35-20-12-10-8-6-4-2/h14-19,22-23,34H,3-13,20-21H2,1-2H3/b31-23+. The van der Waals surface area contributed by atoms with Gasteiger partial charge in [0, 0.05) is 23.4 Å². The maximum Gasteiger partial charge on any atom is 0.231 e. The molecule has 0 unspecified atom stereocenters. The van der Waals surface area contributed by atoms with Crippen LogP contribution in [0.1, 0.15) is 90.0 Å². The third kappa shape index (κ3) is 10.5. The highest BCUT2D eigenvalue weighted by atomic mass is 32.1. The van der Waals surface area contributed by atoms with Crippen molar-refractivity contribution in [1.29, 1.82) is 0 Å². The van der Waals surface area contributed by atoms with Crippen LogP contribution < -0.4 is 9.47 Å². The van der Waals surface area contributed by atoms with Gasteiger partial charge in [-0.2, -0.15) is 0 Å². The Labute approximate surface area is 225 Å². The maximum atomic E-state index is 10.4. The van der Waals surface area contributed by atoms with E-state index in [4.69, 9.17) is 9.47 Å². The molecule has 0 fully saturated rings. The lowest BCUT2D eigenvalue weighted by atomic mass is 10.1. The fraction of sp³-hybridized carbons (Fsp3) is 0.500. The Balaban J connectivity index is 1.45. The molecule has 1 heterocycles. The van der Waals surface area contributed by atoms with Crippen molar-refractivity contribution in [2.75, 3.05) is 13.2 Å². The van der Waals surface area contributed by atoms with Crippen LogP contribution in [0.25, 0.3) is 10.6 Å². The second-order valence-electron chi connectivity index (χ2n) is 9.27. The largest absolute Gasteiger partial charge is 0.507 e. The van der Waals surface area contributed by atoms with Crippen LogP contribution in [0.2, 0.25) is 0 Å². The lowest BCUT2D eigenvalue weighted by Crippen LogP contribution is -1.97. The predicted molar refractivity (Wildman–Crippen MR) is 154 cm³/mol. The average Bonchev–Trinajstić information content (AvgIpc) is 3.39. The lowest BCUT2D eigenvalue weighted by Gasteiger charge is -2.07. The highest BCUT2D eigenvalue weighted by molar-refractivity contribution is 7.18. The second-order valence-corrected chi connectivity index (χ2v) is 10.2. The highest BCUT2D eigenvalue weighted by Crippen LogP contribution is 2.30. The summed E-state index contributed by atoms with van der Waals surface area (Å²) in [6, 6.07) is 13.2. The van der Waals surface area contributed by atoms with Crippen molar-refractivity contribution < 1.29 is 14.6 Å². The molecule has 2 aromatic carbocycles. The van der Waals surface area contributed by atoms with E-state index in [9.17, 15) is 5.11 Å². The molecular formula is C30H41N3O3S. The minimum absolute atomic E-state index is 0.134. The first-order valence-electron chi connectivity index (χ1n) is 13.8. The van der Waals surface area contributed by atoms with E-state index in [2.05, 4.69) is 29.0 Å². The number of aromatic nitrogens is 2. The van der Waals surface area contributed by atoms with Gasteiger partial charge in [0.2, 0.25) is 5.13 Å². The first kappa shape index (κ1) is 28.6. The number of rotatable bonds is 18. The average molecular weight is 524 g/mol. The third-order valence-corrected chi connectivity index (χ3v) is 7.00. The van der Waals surface area contributed by atoms with Crippen LogP contribution in [0.3, 0.4) is 0 Å². The van der Waals surface area contributed by atoms with E-state index in [0.717, 1.165) is 35.8 Å². The number of hydrogen-bond donors (Lipinski definition) is 1. The van der Waals surface area contributed by atoms with Crippen molar-refractivity contribution >= 4 is 22.7 Å². The van der Waals surface area contributed by atoms with Crippen LogP contribution in [0.5, 0.6) is 17.2 Å². The number of nitrogens with zero attached hydrogens (tertiary/aromatic N) is 3. The first-order valence-corrected chi connectivity index (χ1v) is 14.6. The first-order chi connectivity index (χ1) is 18.2. The van der Waals surface area contributed by atoms with E-state index in [1.165, 1.54) is 69.1 Å². The molecule has 1 N–H and O–H groups in total. The zero-order valence-electron chi connectivity index (χ0n) is 22.3. The van der Waals surface area contributed by atoms with E-state index < -0.39 is 0 Å². The Bertz CT molecular complexity index is 1070. The monoisotopic (exact) mass is 523 g/mol. The number of phenolic OH excluding ortho intramolecular Hbond substituents is 1. The lowest BCUT2D eigenvalue weighted by molar-refractivity contribution is 0.302. The van der Waals surface area contributed by atoms with Gasteiger partial charge in [0.1, 0.15) is 22.3 Å². The number of ether oxygens (including phenoxy) is 2. The minimum Gasteiger partial charge on any atom is -0.507 e. The molecule has 0 radical (unpaired) electrons. The molecule has 200 valence electrons. The summed E-state index contributed by atoms with van der Waals surface area (Å²) in [5.74, 6) is 1.68. The molecule has 37 heavy (non-hydrogen) atoms. The van der Waals surface area contributed by atoms with Crippen LogP contribution in [-0.2, 0) is 0 Å². The van der Waals surface area contributed by atoms with Crippen molar-refractivity contribution in [2.45, 2.75) is 84.5 Å². The molecule has 0 aliphatic carbocycles. The predicted octanol–water partition coefficient (Wildman–Crippen LogP) is 8.75. The Morgan fingerprint density at radius 1 is 0.757 bits per heavy atom. The number of aliphatic imine (C=N–C) groups is 1. The Hall–Kier alpha value is -2.93. The molecule has 0 amide bonds. The summed E-state index contributed by atoms with van der Waals surface area (Å²) in [5, 5.41) is 20.1. The van der Waals surface area contributed by atoms with Gasteiger partial charge < -0.3 is 14.6 Å². The van der Waals surface area contributed by atoms with Crippen molar-refractivity contribution in [3.05, 3.63) is 48.0 Å². The minimum atomic E-state index is 0.134. The highest BCUT2D eigenvalue weighted by Gasteiger charge is 2.07. The van der Waals surface area contributed by atoms with Gasteiger partial charge in [0.25, 0.3) is 0 Å². The summed E-state index contributed by atoms with van der Waals surface area (Å²) in [5.41, 5.74) is 1.59. The van der Waals surface area contributed by atoms with E-state index in [1.807, 2.05) is 30.3 Å². The summed E-state index contributed by atoms with van der Waals surface area (Å²) in [4.78, 5) is 4.41. The Morgan fingerprint density at radius 3 is 2.00 bits per heavy atom. The van der Waals surface area contributed by atoms with Crippen molar-refractivity contribution in [3.63, 3.8) is 0 Å². The quantitative estimate of drug-likeness (QED) is 0.133. The molecular weight excluding hydrogens is 482 g/mol. The zero-order valence-corrected chi connectivity index (χ0v) is 23.1. The summed E-state index contributed by atoms with van der Waals surface area (Å²) in [6.45, 7) is 5.86. The van der Waals surface area contributed by atoms with Crippen molar-refractivity contribution in [1.82, 2.24) is 10.2 Å². The van der Waals surface area contributed by atoms with Gasteiger partial charge in [-0.05, 0) is 49.2 Å². The van der Waals surface area contributed by atoms with Gasteiger partial charge in [-0.3, -0.25) is 0 Å². The van der Waals surface area contributed by atoms with Gasteiger partial charge in [-0.1, -0.05) is 83.0 Å². The normalized spacial score (nSPS) is 11.3. The molecule has 0 bridgehead atoms. The molecule has 0 saturated carbocycles. The third-order valence-electron chi connectivity index (χ3n) is 6.11. The summed E-state index contributed by atoms with van der Waals surface area (Å²) in [6.07, 6.45) is 15.1. The zero-order chi connectivity index (χ0) is 26.1. The van der Waals surface area contributed by atoms with E-state index >= 15 is 0 Å². The fourth-order valence-corrected chi connectivity index (χ4v) is 4.59. The summed E-state index contributed by atoms with van der Waals surface area (Å²) >= 11 is 1.40. The molecule has 3 rings (SSSR count). The molecule has 6 nitrogen and oxygen atoms in total. The Morgan fingerprint density at radius 2 is 1.35 bits per heavy atom. The van der Waals surface area contributed by atoms with Gasteiger partial charge in [0.15, 0.2) is 0 Å². The molecule has 3 aromatic rings. The Kier molecular flexibility index (Phi) is 13.0. The van der Waals surface area contributed by atoms with Crippen LogP contribution in [-0.4, -0.2) is 34.7 Å². The smallest absolute Gasteiger partial charge is 0.231 e. The molecule has 0 aliphatic rings. The molecule has 7 heteroatoms. The number of phenols is 1. The summed E-state index contributed by atoms with van der Waals surface area (Å²) in [7, 11) is 0. The number of benzene rings is 2.